The zero-order chi connectivity index (χ0) is 21.8. The predicted molar refractivity (Wildman–Crippen MR) is 108 cm³/mol. The summed E-state index contributed by atoms with van der Waals surface area (Å²) in [5.74, 6) is -2.12. The third-order valence-corrected chi connectivity index (χ3v) is 4.87. The summed E-state index contributed by atoms with van der Waals surface area (Å²) in [6.07, 6.45) is 0. The van der Waals surface area contributed by atoms with Gasteiger partial charge in [0.1, 0.15) is 23.2 Å². The fraction of sp³-hybridized carbons (Fsp3) is 0.136. The Bertz CT molecular complexity index is 1130. The molecule has 3 rings (SSSR count). The first-order chi connectivity index (χ1) is 14.4. The van der Waals surface area contributed by atoms with Crippen LogP contribution in [0.1, 0.15) is 28.8 Å². The Kier molecular flexibility index (Phi) is 6.09. The van der Waals surface area contributed by atoms with E-state index in [1.54, 1.807) is 49.4 Å². The minimum atomic E-state index is -0.938. The zero-order valence-electron chi connectivity index (χ0n) is 16.1. The number of halogens is 1. The quantitative estimate of drug-likeness (QED) is 0.586. The van der Waals surface area contributed by atoms with Gasteiger partial charge in [0.25, 0.3) is 0 Å². The van der Waals surface area contributed by atoms with E-state index in [2.05, 4.69) is 0 Å². The van der Waals surface area contributed by atoms with Crippen molar-refractivity contribution in [3.05, 3.63) is 87.5 Å². The van der Waals surface area contributed by atoms with Crippen LogP contribution in [0.2, 0.25) is 5.02 Å². The molecule has 0 amide bonds. The van der Waals surface area contributed by atoms with Crippen molar-refractivity contribution in [3.63, 3.8) is 0 Å². The number of hydrogen-bond donors (Lipinski definition) is 1. The summed E-state index contributed by atoms with van der Waals surface area (Å²) < 4.78 is 15.8. The highest BCUT2D eigenvalue weighted by Crippen LogP contribution is 2.43. The zero-order valence-corrected chi connectivity index (χ0v) is 16.9. The van der Waals surface area contributed by atoms with Gasteiger partial charge in [-0.15, -0.1) is 0 Å². The van der Waals surface area contributed by atoms with Crippen molar-refractivity contribution in [1.29, 1.82) is 5.26 Å². The van der Waals surface area contributed by atoms with Crippen LogP contribution in [-0.2, 0) is 14.3 Å². The molecular weight excluding hydrogens is 408 g/mol. The number of para-hydroxylation sites is 1. The molecule has 152 valence electrons. The summed E-state index contributed by atoms with van der Waals surface area (Å²) in [6.45, 7) is 1.54. The number of carbonyl (C=O) groups is 2. The average Bonchev–Trinajstić information content (AvgIpc) is 2.73. The Labute approximate surface area is 177 Å². The van der Waals surface area contributed by atoms with E-state index >= 15 is 0 Å². The number of allylic oxidation sites excluding steroid dienone is 2. The van der Waals surface area contributed by atoms with Crippen LogP contribution in [0.3, 0.4) is 0 Å². The maximum atomic E-state index is 12.7. The minimum Gasteiger partial charge on any atom is -0.466 e. The van der Waals surface area contributed by atoms with E-state index in [4.69, 9.17) is 31.5 Å². The molecule has 8 heteroatoms. The SMILES string of the molecule is COC(=O)C1=C(C)OC(N)=C(C#N)[C@@H]1c1ccccc1OC(=O)c1ccccc1Cl. The highest BCUT2D eigenvalue weighted by atomic mass is 35.5. The molecule has 1 aliphatic heterocycles. The van der Waals surface area contributed by atoms with E-state index in [-0.39, 0.29) is 39.1 Å². The first-order valence-electron chi connectivity index (χ1n) is 8.81. The van der Waals surface area contributed by atoms with Crippen LogP contribution >= 0.6 is 11.6 Å². The van der Waals surface area contributed by atoms with Gasteiger partial charge in [-0.3, -0.25) is 0 Å². The Morgan fingerprint density at radius 3 is 2.47 bits per heavy atom. The van der Waals surface area contributed by atoms with Crippen LogP contribution in [0.15, 0.2) is 71.3 Å². The molecule has 7 nitrogen and oxygen atoms in total. The van der Waals surface area contributed by atoms with E-state index in [0.717, 1.165) is 0 Å². The Hall–Kier alpha value is -3.76. The fourth-order valence-corrected chi connectivity index (χ4v) is 3.37. The van der Waals surface area contributed by atoms with Gasteiger partial charge in [0.2, 0.25) is 5.88 Å². The Morgan fingerprint density at radius 1 is 1.13 bits per heavy atom. The third kappa shape index (κ3) is 3.86. The van der Waals surface area contributed by atoms with Gasteiger partial charge in [-0.1, -0.05) is 41.9 Å². The standard InChI is InChI=1S/C22H17ClN2O5/c1-12-18(22(27)28-2)19(15(11-24)20(25)29-12)14-8-4-6-10-17(14)30-21(26)13-7-3-5-9-16(13)23/h3-10,19H,25H2,1-2H3/t19-/m0/s1. The van der Waals surface area contributed by atoms with Crippen LogP contribution in [-0.4, -0.2) is 19.0 Å². The lowest BCUT2D eigenvalue weighted by Gasteiger charge is -2.27. The Morgan fingerprint density at radius 2 is 1.80 bits per heavy atom. The monoisotopic (exact) mass is 424 g/mol. The van der Waals surface area contributed by atoms with Crippen molar-refractivity contribution in [3.8, 4) is 11.8 Å². The van der Waals surface area contributed by atoms with Crippen LogP contribution in [0.4, 0.5) is 0 Å². The maximum absolute atomic E-state index is 12.7. The number of hydrogen-bond acceptors (Lipinski definition) is 7. The summed E-state index contributed by atoms with van der Waals surface area (Å²) in [5.41, 5.74) is 6.54. The molecule has 30 heavy (non-hydrogen) atoms. The number of ether oxygens (including phenoxy) is 3. The van der Waals surface area contributed by atoms with Crippen molar-refractivity contribution in [1.82, 2.24) is 0 Å². The summed E-state index contributed by atoms with van der Waals surface area (Å²) in [7, 11) is 1.22. The van der Waals surface area contributed by atoms with E-state index < -0.39 is 17.9 Å². The summed E-state index contributed by atoms with van der Waals surface area (Å²) >= 11 is 6.09. The fourth-order valence-electron chi connectivity index (χ4n) is 3.16. The molecule has 0 unspecified atom stereocenters. The number of nitrogens with zero attached hydrogens (tertiary/aromatic N) is 1. The second-order valence-corrected chi connectivity index (χ2v) is 6.70. The lowest BCUT2D eigenvalue weighted by molar-refractivity contribution is -0.136. The van der Waals surface area contributed by atoms with Gasteiger partial charge >= 0.3 is 11.9 Å². The molecule has 0 saturated carbocycles. The van der Waals surface area contributed by atoms with Crippen LogP contribution in [0.25, 0.3) is 0 Å². The van der Waals surface area contributed by atoms with E-state index in [9.17, 15) is 14.9 Å². The summed E-state index contributed by atoms with van der Waals surface area (Å²) in [6, 6.07) is 15.0. The molecule has 1 atom stereocenters. The number of benzene rings is 2. The van der Waals surface area contributed by atoms with Crippen molar-refractivity contribution >= 4 is 23.5 Å². The first-order valence-corrected chi connectivity index (χ1v) is 9.19. The van der Waals surface area contributed by atoms with Gasteiger partial charge in [0.15, 0.2) is 0 Å². The van der Waals surface area contributed by atoms with Crippen molar-refractivity contribution in [2.24, 2.45) is 5.73 Å². The number of carbonyl (C=O) groups excluding carboxylic acids is 2. The van der Waals surface area contributed by atoms with Gasteiger partial charge < -0.3 is 19.9 Å². The number of methoxy groups -OCH3 is 1. The van der Waals surface area contributed by atoms with E-state index in [0.29, 0.717) is 5.56 Å². The van der Waals surface area contributed by atoms with Crippen LogP contribution in [0.5, 0.6) is 5.75 Å². The average molecular weight is 425 g/mol. The second kappa shape index (κ2) is 8.72. The second-order valence-electron chi connectivity index (χ2n) is 6.29. The molecule has 0 fully saturated rings. The van der Waals surface area contributed by atoms with Crippen LogP contribution < -0.4 is 10.5 Å². The number of nitriles is 1. The summed E-state index contributed by atoms with van der Waals surface area (Å²) in [5, 5.41) is 9.91. The maximum Gasteiger partial charge on any atom is 0.345 e. The molecule has 1 heterocycles. The molecule has 0 aromatic heterocycles. The molecule has 2 aromatic rings. The van der Waals surface area contributed by atoms with Gasteiger partial charge in [-0.2, -0.15) is 5.26 Å². The number of nitrogens with two attached hydrogens (primary N) is 1. The molecule has 0 radical (unpaired) electrons. The lowest BCUT2D eigenvalue weighted by Crippen LogP contribution is -2.25. The molecule has 2 N–H and O–H groups in total. The molecule has 2 aromatic carbocycles. The van der Waals surface area contributed by atoms with E-state index in [1.807, 2.05) is 6.07 Å². The Balaban J connectivity index is 2.11. The van der Waals surface area contributed by atoms with Crippen molar-refractivity contribution < 1.29 is 23.8 Å². The smallest absolute Gasteiger partial charge is 0.345 e. The third-order valence-electron chi connectivity index (χ3n) is 4.54. The van der Waals surface area contributed by atoms with Crippen LogP contribution in [0, 0.1) is 11.3 Å². The highest BCUT2D eigenvalue weighted by molar-refractivity contribution is 6.33. The normalized spacial score (nSPS) is 15.9. The van der Waals surface area contributed by atoms with Crippen molar-refractivity contribution in [2.75, 3.05) is 7.11 Å². The largest absolute Gasteiger partial charge is 0.466 e. The molecule has 0 saturated heterocycles. The number of esters is 2. The van der Waals surface area contributed by atoms with E-state index in [1.165, 1.54) is 13.2 Å². The lowest BCUT2D eigenvalue weighted by atomic mass is 9.82. The van der Waals surface area contributed by atoms with Gasteiger partial charge in [0, 0.05) is 5.56 Å². The van der Waals surface area contributed by atoms with Gasteiger partial charge in [-0.25, -0.2) is 9.59 Å². The van der Waals surface area contributed by atoms with Gasteiger partial charge in [0.05, 0.1) is 29.2 Å². The molecule has 0 spiro atoms. The molecular formula is C22H17ClN2O5. The molecule has 0 aliphatic carbocycles. The topological polar surface area (TPSA) is 112 Å². The predicted octanol–water partition coefficient (Wildman–Crippen LogP) is 3.81. The van der Waals surface area contributed by atoms with Crippen molar-refractivity contribution in [2.45, 2.75) is 12.8 Å². The minimum absolute atomic E-state index is 0.00208. The summed E-state index contributed by atoms with van der Waals surface area (Å²) in [4.78, 5) is 25.2. The molecule has 1 aliphatic rings. The van der Waals surface area contributed by atoms with Gasteiger partial charge in [-0.05, 0) is 25.1 Å². The molecule has 0 bridgehead atoms. The highest BCUT2D eigenvalue weighted by Gasteiger charge is 2.37. The first kappa shape index (κ1) is 21.0. The number of rotatable bonds is 4.